The van der Waals surface area contributed by atoms with Gasteiger partial charge < -0.3 is 14.9 Å². The van der Waals surface area contributed by atoms with Gasteiger partial charge in [-0.05, 0) is 49.7 Å². The minimum Gasteiger partial charge on any atom is -0.465 e. The molecular formula is C23H26N4O6. The first-order chi connectivity index (χ1) is 15.7. The van der Waals surface area contributed by atoms with Gasteiger partial charge in [0, 0.05) is 32.6 Å². The van der Waals surface area contributed by atoms with Crippen molar-refractivity contribution < 1.29 is 29.1 Å². The Morgan fingerprint density at radius 1 is 1.12 bits per heavy atom. The Hall–Kier alpha value is -3.43. The van der Waals surface area contributed by atoms with Gasteiger partial charge in [-0.25, -0.2) is 4.79 Å². The van der Waals surface area contributed by atoms with Gasteiger partial charge >= 0.3 is 6.09 Å². The van der Waals surface area contributed by atoms with Crippen LogP contribution in [-0.2, 0) is 9.59 Å². The number of fused-ring (bicyclic) bond motifs is 1. The summed E-state index contributed by atoms with van der Waals surface area (Å²) < 4.78 is 0. The van der Waals surface area contributed by atoms with Gasteiger partial charge in [0.05, 0.1) is 16.8 Å². The summed E-state index contributed by atoms with van der Waals surface area (Å²) in [6.07, 6.45) is 2.80. The highest BCUT2D eigenvalue weighted by atomic mass is 16.4. The van der Waals surface area contributed by atoms with Crippen molar-refractivity contribution in [3.8, 4) is 0 Å². The molecule has 5 amide bonds. The Morgan fingerprint density at radius 3 is 2.45 bits per heavy atom. The fourth-order valence-electron chi connectivity index (χ4n) is 5.78. The third kappa shape index (κ3) is 3.35. The highest BCUT2D eigenvalue weighted by Gasteiger charge is 2.50. The largest absolute Gasteiger partial charge is 0.465 e. The lowest BCUT2D eigenvalue weighted by Crippen LogP contribution is -2.55. The molecule has 1 aliphatic carbocycles. The van der Waals surface area contributed by atoms with Crippen LogP contribution in [0.4, 0.5) is 10.5 Å². The molecule has 1 aromatic carbocycles. The molecule has 174 valence electrons. The van der Waals surface area contributed by atoms with Crippen molar-refractivity contribution in [1.82, 2.24) is 15.1 Å². The number of rotatable bonds is 3. The number of likely N-dealkylation sites (tertiary alicyclic amines) is 1. The number of imide groups is 2. The van der Waals surface area contributed by atoms with Gasteiger partial charge in [0.15, 0.2) is 0 Å². The van der Waals surface area contributed by atoms with Gasteiger partial charge in [0.25, 0.3) is 11.8 Å². The van der Waals surface area contributed by atoms with Gasteiger partial charge in [0.2, 0.25) is 11.8 Å². The molecular weight excluding hydrogens is 428 g/mol. The molecule has 3 heterocycles. The topological polar surface area (TPSA) is 127 Å². The molecule has 1 unspecified atom stereocenters. The fourth-order valence-corrected chi connectivity index (χ4v) is 5.78. The van der Waals surface area contributed by atoms with Crippen LogP contribution in [0.3, 0.4) is 0 Å². The predicted octanol–water partition coefficient (Wildman–Crippen LogP) is 1.45. The second-order valence-electron chi connectivity index (χ2n) is 9.59. The van der Waals surface area contributed by atoms with E-state index in [9.17, 15) is 29.1 Å². The molecule has 10 nitrogen and oxygen atoms in total. The predicted molar refractivity (Wildman–Crippen MR) is 116 cm³/mol. The van der Waals surface area contributed by atoms with Crippen molar-refractivity contribution in [3.63, 3.8) is 0 Å². The molecule has 33 heavy (non-hydrogen) atoms. The van der Waals surface area contributed by atoms with E-state index in [1.54, 1.807) is 12.1 Å². The van der Waals surface area contributed by atoms with Crippen LogP contribution in [0, 0.1) is 5.41 Å². The summed E-state index contributed by atoms with van der Waals surface area (Å²) in [5.41, 5.74) is 1.36. The summed E-state index contributed by atoms with van der Waals surface area (Å²) in [5.74, 6) is -2.03. The second-order valence-corrected chi connectivity index (χ2v) is 9.59. The lowest BCUT2D eigenvalue weighted by molar-refractivity contribution is -0.136. The first-order valence-electron chi connectivity index (χ1n) is 11.3. The van der Waals surface area contributed by atoms with Crippen molar-refractivity contribution in [2.75, 3.05) is 25.0 Å². The Labute approximate surface area is 190 Å². The summed E-state index contributed by atoms with van der Waals surface area (Å²) in [5, 5.41) is 11.4. The molecule has 1 spiro atoms. The van der Waals surface area contributed by atoms with E-state index < -0.39 is 35.8 Å². The zero-order chi connectivity index (χ0) is 23.5. The lowest BCUT2D eigenvalue weighted by Gasteiger charge is -2.54. The van der Waals surface area contributed by atoms with Gasteiger partial charge in [-0.15, -0.1) is 0 Å². The summed E-state index contributed by atoms with van der Waals surface area (Å²) in [6, 6.07) is 4.35. The minimum atomic E-state index is -0.986. The molecule has 0 radical (unpaired) electrons. The summed E-state index contributed by atoms with van der Waals surface area (Å²) in [6.45, 7) is 1.08. The van der Waals surface area contributed by atoms with E-state index in [1.807, 2.05) is 18.0 Å². The maximum Gasteiger partial charge on any atom is 0.407 e. The number of carbonyl (C=O) groups is 5. The third-order valence-corrected chi connectivity index (χ3v) is 7.81. The number of benzene rings is 1. The van der Waals surface area contributed by atoms with Crippen molar-refractivity contribution in [3.05, 3.63) is 29.3 Å². The Bertz CT molecular complexity index is 1070. The van der Waals surface area contributed by atoms with E-state index in [0.717, 1.165) is 30.6 Å². The summed E-state index contributed by atoms with van der Waals surface area (Å²) in [7, 11) is 1.91. The molecule has 1 saturated carbocycles. The van der Waals surface area contributed by atoms with E-state index in [1.165, 1.54) is 4.90 Å². The van der Waals surface area contributed by atoms with E-state index >= 15 is 0 Å². The molecule has 5 rings (SSSR count). The van der Waals surface area contributed by atoms with Crippen molar-refractivity contribution >= 4 is 35.4 Å². The quantitative estimate of drug-likeness (QED) is 0.662. The average molecular weight is 454 g/mol. The van der Waals surface area contributed by atoms with Crippen LogP contribution >= 0.6 is 0 Å². The van der Waals surface area contributed by atoms with Gasteiger partial charge in [0.1, 0.15) is 6.04 Å². The number of nitrogens with one attached hydrogen (secondary N) is 1. The van der Waals surface area contributed by atoms with Crippen LogP contribution in [0.15, 0.2) is 18.2 Å². The molecule has 3 fully saturated rings. The van der Waals surface area contributed by atoms with Crippen molar-refractivity contribution in [2.24, 2.45) is 5.41 Å². The number of piperidine rings is 2. The van der Waals surface area contributed by atoms with Crippen molar-refractivity contribution in [2.45, 2.75) is 50.6 Å². The van der Waals surface area contributed by atoms with E-state index in [2.05, 4.69) is 5.32 Å². The third-order valence-electron chi connectivity index (χ3n) is 7.81. The maximum atomic E-state index is 13.3. The van der Waals surface area contributed by atoms with E-state index in [4.69, 9.17) is 0 Å². The van der Waals surface area contributed by atoms with Crippen LogP contribution in [0.2, 0.25) is 0 Å². The Balaban J connectivity index is 1.33. The van der Waals surface area contributed by atoms with Gasteiger partial charge in [-0.3, -0.25) is 29.4 Å². The highest BCUT2D eigenvalue weighted by molar-refractivity contribution is 6.25. The monoisotopic (exact) mass is 454 g/mol. The summed E-state index contributed by atoms with van der Waals surface area (Å²) >= 11 is 0. The van der Waals surface area contributed by atoms with Gasteiger partial charge in [-0.2, -0.15) is 0 Å². The average Bonchev–Trinajstić information content (AvgIpc) is 3.02. The smallest absolute Gasteiger partial charge is 0.407 e. The number of amides is 5. The fraction of sp³-hybridized carbons (Fsp3) is 0.522. The molecule has 1 aromatic rings. The molecule has 0 bridgehead atoms. The number of carbonyl (C=O) groups excluding carboxylic acids is 4. The van der Waals surface area contributed by atoms with E-state index in [-0.39, 0.29) is 29.9 Å². The van der Waals surface area contributed by atoms with E-state index in [0.29, 0.717) is 24.3 Å². The molecule has 2 saturated heterocycles. The van der Waals surface area contributed by atoms with Crippen LogP contribution < -0.4 is 10.2 Å². The second kappa shape index (κ2) is 7.57. The standard InChI is InChI=1S/C23H26N4O6/c1-25(13-11-23(12-13)7-9-26(10-8-23)22(32)33)15-4-2-3-14-18(15)21(31)27(20(14)30)16-5-6-17(28)24-19(16)29/h2-4,13,16H,5-12H2,1H3,(H,32,33)(H,24,28,29). The summed E-state index contributed by atoms with van der Waals surface area (Å²) in [4.78, 5) is 65.9. The minimum absolute atomic E-state index is 0.0834. The number of nitrogens with zero attached hydrogens (tertiary/aromatic N) is 3. The maximum absolute atomic E-state index is 13.3. The van der Waals surface area contributed by atoms with Crippen LogP contribution in [0.1, 0.15) is 59.2 Å². The van der Waals surface area contributed by atoms with Crippen molar-refractivity contribution in [1.29, 1.82) is 0 Å². The SMILES string of the molecule is CN(c1cccc2c1C(=O)N(C1CCC(=O)NC1=O)C2=O)C1CC2(CCN(C(=O)O)CC2)C1. The zero-order valence-corrected chi connectivity index (χ0v) is 18.4. The number of carboxylic acid groups (broad SMARTS) is 1. The first kappa shape index (κ1) is 21.4. The number of hydrogen-bond acceptors (Lipinski definition) is 6. The highest BCUT2D eigenvalue weighted by Crippen LogP contribution is 2.52. The Kier molecular flexibility index (Phi) is 4.91. The molecule has 2 N–H and O–H groups in total. The van der Waals surface area contributed by atoms with Crippen LogP contribution in [0.25, 0.3) is 0 Å². The first-order valence-corrected chi connectivity index (χ1v) is 11.3. The number of anilines is 1. The van der Waals surface area contributed by atoms with Crippen LogP contribution in [0.5, 0.6) is 0 Å². The number of hydrogen-bond donors (Lipinski definition) is 2. The lowest BCUT2D eigenvalue weighted by atomic mass is 9.60. The van der Waals surface area contributed by atoms with Crippen LogP contribution in [-0.4, -0.2) is 76.8 Å². The zero-order valence-electron chi connectivity index (χ0n) is 18.4. The Morgan fingerprint density at radius 2 is 1.82 bits per heavy atom. The molecule has 4 aliphatic rings. The normalized spacial score (nSPS) is 24.6. The molecule has 10 heteroatoms. The molecule has 3 aliphatic heterocycles. The molecule has 1 atom stereocenters. The van der Waals surface area contributed by atoms with Gasteiger partial charge in [-0.1, -0.05) is 6.07 Å². The molecule has 0 aromatic heterocycles.